The van der Waals surface area contributed by atoms with Crippen LogP contribution in [0.15, 0.2) is 24.3 Å². The average Bonchev–Trinajstić information content (AvgIpc) is 2.47. The van der Waals surface area contributed by atoms with Crippen LogP contribution in [0.5, 0.6) is 5.75 Å². The number of hydrogen-bond acceptors (Lipinski definition) is 3. The number of anilines is 1. The van der Waals surface area contributed by atoms with Gasteiger partial charge >= 0.3 is 0 Å². The van der Waals surface area contributed by atoms with Crippen LogP contribution in [0, 0.1) is 5.92 Å². The molecule has 1 aromatic carbocycles. The molecule has 4 nitrogen and oxygen atoms in total. The Balaban J connectivity index is 1.96. The van der Waals surface area contributed by atoms with Crippen molar-refractivity contribution in [3.05, 3.63) is 24.3 Å². The molecule has 1 aliphatic carbocycles. The second-order valence-corrected chi connectivity index (χ2v) is 5.37. The smallest absolute Gasteiger partial charge is 0.265 e. The quantitative estimate of drug-likeness (QED) is 0.884. The third-order valence-electron chi connectivity index (χ3n) is 4.25. The average molecular weight is 260 g/mol. The predicted molar refractivity (Wildman–Crippen MR) is 74.2 cm³/mol. The van der Waals surface area contributed by atoms with E-state index in [2.05, 4.69) is 0 Å². The molecular formula is C15H20N2O2. The van der Waals surface area contributed by atoms with Crippen LogP contribution in [0.4, 0.5) is 5.69 Å². The maximum absolute atomic E-state index is 12.3. The lowest BCUT2D eigenvalue weighted by Crippen LogP contribution is -2.51. The zero-order valence-corrected chi connectivity index (χ0v) is 11.0. The van der Waals surface area contributed by atoms with E-state index in [1.165, 1.54) is 12.8 Å². The van der Waals surface area contributed by atoms with Gasteiger partial charge in [0.15, 0.2) is 6.61 Å². The van der Waals surface area contributed by atoms with Gasteiger partial charge in [-0.05, 0) is 37.4 Å². The number of carbonyl (C=O) groups is 1. The topological polar surface area (TPSA) is 55.6 Å². The van der Waals surface area contributed by atoms with Gasteiger partial charge in [-0.15, -0.1) is 0 Å². The summed E-state index contributed by atoms with van der Waals surface area (Å²) in [6.45, 7) is 0.794. The molecule has 2 unspecified atom stereocenters. The molecule has 1 saturated carbocycles. The van der Waals surface area contributed by atoms with E-state index < -0.39 is 0 Å². The molecule has 1 aromatic rings. The van der Waals surface area contributed by atoms with E-state index in [-0.39, 0.29) is 18.6 Å². The summed E-state index contributed by atoms with van der Waals surface area (Å²) in [6, 6.07) is 8.02. The van der Waals surface area contributed by atoms with Gasteiger partial charge in [-0.3, -0.25) is 4.79 Å². The Hall–Kier alpha value is -1.55. The van der Waals surface area contributed by atoms with Crippen LogP contribution in [0.25, 0.3) is 0 Å². The molecule has 0 bridgehead atoms. The molecule has 0 radical (unpaired) electrons. The second kappa shape index (κ2) is 5.21. The third kappa shape index (κ3) is 2.21. The molecule has 1 aliphatic heterocycles. The highest BCUT2D eigenvalue weighted by atomic mass is 16.5. The van der Waals surface area contributed by atoms with Gasteiger partial charge in [-0.1, -0.05) is 25.0 Å². The number of amides is 1. The van der Waals surface area contributed by atoms with Crippen molar-refractivity contribution >= 4 is 11.6 Å². The summed E-state index contributed by atoms with van der Waals surface area (Å²) >= 11 is 0. The number of rotatable bonds is 2. The van der Waals surface area contributed by atoms with Crippen molar-refractivity contribution in [2.75, 3.05) is 18.1 Å². The van der Waals surface area contributed by atoms with Crippen LogP contribution in [0.1, 0.15) is 25.7 Å². The molecule has 2 N–H and O–H groups in total. The zero-order chi connectivity index (χ0) is 13.2. The van der Waals surface area contributed by atoms with Crippen molar-refractivity contribution in [1.29, 1.82) is 0 Å². The van der Waals surface area contributed by atoms with Gasteiger partial charge in [-0.25, -0.2) is 0 Å². The fourth-order valence-corrected chi connectivity index (χ4v) is 3.29. The Morgan fingerprint density at radius 2 is 2.05 bits per heavy atom. The van der Waals surface area contributed by atoms with Crippen molar-refractivity contribution in [2.45, 2.75) is 31.7 Å². The van der Waals surface area contributed by atoms with E-state index in [1.54, 1.807) is 0 Å². The van der Waals surface area contributed by atoms with E-state index in [0.717, 1.165) is 24.3 Å². The highest BCUT2D eigenvalue weighted by Gasteiger charge is 2.36. The minimum Gasteiger partial charge on any atom is -0.482 e. The van der Waals surface area contributed by atoms with Crippen LogP contribution < -0.4 is 15.4 Å². The monoisotopic (exact) mass is 260 g/mol. The lowest BCUT2D eigenvalue weighted by molar-refractivity contribution is -0.122. The maximum atomic E-state index is 12.3. The largest absolute Gasteiger partial charge is 0.482 e. The minimum atomic E-state index is 0.0593. The van der Waals surface area contributed by atoms with Crippen molar-refractivity contribution in [1.82, 2.24) is 0 Å². The number of ether oxygens (including phenoxy) is 1. The highest BCUT2D eigenvalue weighted by molar-refractivity contribution is 5.98. The molecule has 2 aliphatic rings. The van der Waals surface area contributed by atoms with E-state index in [9.17, 15) is 4.79 Å². The first-order chi connectivity index (χ1) is 9.31. The fourth-order valence-electron chi connectivity index (χ4n) is 3.29. The third-order valence-corrected chi connectivity index (χ3v) is 4.25. The number of nitrogens with zero attached hydrogens (tertiary/aromatic N) is 1. The SMILES string of the molecule is NCC1CCCCC1N1C(=O)COc2ccccc21. The molecule has 2 atom stereocenters. The molecule has 102 valence electrons. The molecule has 0 spiro atoms. The Bertz CT molecular complexity index is 475. The molecule has 3 rings (SSSR count). The number of carbonyl (C=O) groups excluding carboxylic acids is 1. The van der Waals surface area contributed by atoms with Crippen LogP contribution in [-0.2, 0) is 4.79 Å². The normalized spacial score (nSPS) is 26.8. The van der Waals surface area contributed by atoms with E-state index in [1.807, 2.05) is 29.2 Å². The van der Waals surface area contributed by atoms with Gasteiger partial charge in [0.1, 0.15) is 5.75 Å². The first-order valence-electron chi connectivity index (χ1n) is 7.05. The Morgan fingerprint density at radius 1 is 1.26 bits per heavy atom. The van der Waals surface area contributed by atoms with Crippen molar-refractivity contribution in [3.63, 3.8) is 0 Å². The van der Waals surface area contributed by atoms with Gasteiger partial charge < -0.3 is 15.4 Å². The lowest BCUT2D eigenvalue weighted by atomic mass is 9.83. The molecule has 19 heavy (non-hydrogen) atoms. The predicted octanol–water partition coefficient (Wildman–Crippen LogP) is 1.93. The van der Waals surface area contributed by atoms with E-state index in [0.29, 0.717) is 12.5 Å². The summed E-state index contributed by atoms with van der Waals surface area (Å²) in [5.41, 5.74) is 6.80. The van der Waals surface area contributed by atoms with Gasteiger partial charge in [-0.2, -0.15) is 0 Å². The Labute approximate surface area is 113 Å². The summed E-state index contributed by atoms with van der Waals surface area (Å²) in [7, 11) is 0. The van der Waals surface area contributed by atoms with Crippen molar-refractivity contribution in [3.8, 4) is 5.75 Å². The van der Waals surface area contributed by atoms with E-state index >= 15 is 0 Å². The number of para-hydroxylation sites is 2. The number of hydrogen-bond donors (Lipinski definition) is 1. The second-order valence-electron chi connectivity index (χ2n) is 5.37. The number of benzene rings is 1. The Morgan fingerprint density at radius 3 is 2.89 bits per heavy atom. The molecule has 1 amide bonds. The molecule has 1 heterocycles. The maximum Gasteiger partial charge on any atom is 0.265 e. The first-order valence-corrected chi connectivity index (χ1v) is 7.05. The molecular weight excluding hydrogens is 240 g/mol. The summed E-state index contributed by atoms with van der Waals surface area (Å²) in [5, 5.41) is 0. The summed E-state index contributed by atoms with van der Waals surface area (Å²) in [5.74, 6) is 1.27. The van der Waals surface area contributed by atoms with E-state index in [4.69, 9.17) is 10.5 Å². The van der Waals surface area contributed by atoms with Gasteiger partial charge in [0.25, 0.3) is 5.91 Å². The van der Waals surface area contributed by atoms with Crippen LogP contribution in [0.3, 0.4) is 0 Å². The van der Waals surface area contributed by atoms with Gasteiger partial charge in [0.2, 0.25) is 0 Å². The molecule has 1 fully saturated rings. The minimum absolute atomic E-state index is 0.0593. The van der Waals surface area contributed by atoms with Crippen molar-refractivity contribution < 1.29 is 9.53 Å². The van der Waals surface area contributed by atoms with Crippen molar-refractivity contribution in [2.24, 2.45) is 11.7 Å². The van der Waals surface area contributed by atoms with Crippen LogP contribution in [0.2, 0.25) is 0 Å². The Kier molecular flexibility index (Phi) is 3.42. The molecule has 0 saturated heterocycles. The van der Waals surface area contributed by atoms with Gasteiger partial charge in [0.05, 0.1) is 5.69 Å². The zero-order valence-electron chi connectivity index (χ0n) is 11.0. The fraction of sp³-hybridized carbons (Fsp3) is 0.533. The summed E-state index contributed by atoms with van der Waals surface area (Å²) in [4.78, 5) is 14.2. The first kappa shape index (κ1) is 12.5. The van der Waals surface area contributed by atoms with Crippen LogP contribution >= 0.6 is 0 Å². The summed E-state index contributed by atoms with van der Waals surface area (Å²) in [6.07, 6.45) is 4.56. The molecule has 0 aromatic heterocycles. The number of nitrogens with two attached hydrogens (primary N) is 1. The molecule has 4 heteroatoms. The van der Waals surface area contributed by atoms with Gasteiger partial charge in [0, 0.05) is 6.04 Å². The summed E-state index contributed by atoms with van der Waals surface area (Å²) < 4.78 is 5.50. The standard InChI is InChI=1S/C15H20N2O2/c16-9-11-5-1-2-6-12(11)17-13-7-3-4-8-14(13)19-10-15(17)18/h3-4,7-8,11-12H,1-2,5-6,9-10,16H2. The lowest BCUT2D eigenvalue weighted by Gasteiger charge is -2.41. The number of fused-ring (bicyclic) bond motifs is 1. The van der Waals surface area contributed by atoms with Crippen LogP contribution in [-0.4, -0.2) is 25.1 Å². The highest BCUT2D eigenvalue weighted by Crippen LogP contribution is 2.38.